The molecular formula is C19H17N7O7. The molecule has 0 aliphatic heterocycles. The van der Waals surface area contributed by atoms with E-state index in [1.807, 2.05) is 0 Å². The highest BCUT2D eigenvalue weighted by molar-refractivity contribution is 5.83. The van der Waals surface area contributed by atoms with Gasteiger partial charge in [-0.1, -0.05) is 4.98 Å². The van der Waals surface area contributed by atoms with Gasteiger partial charge in [0.15, 0.2) is 6.61 Å². The maximum Gasteiger partial charge on any atom is 0.490 e. The number of nitrogens with zero attached hydrogens (tertiary/aromatic N) is 6. The smallest absolute Gasteiger partial charge is 0.490 e. The SMILES string of the molecule is COc1ccc(C=NNC(=O)COc2ccc([N+](=O)[O-])cc2)cc1Cn1cnc([N+](=O)[O-])n1. The van der Waals surface area contributed by atoms with Crippen molar-refractivity contribution in [3.8, 4) is 11.5 Å². The average molecular weight is 455 g/mol. The summed E-state index contributed by atoms with van der Waals surface area (Å²) in [6.45, 7) is -0.171. The van der Waals surface area contributed by atoms with Crippen LogP contribution in [0.5, 0.6) is 11.5 Å². The lowest BCUT2D eigenvalue weighted by Gasteiger charge is -2.08. The van der Waals surface area contributed by atoms with Crippen LogP contribution in [0.2, 0.25) is 0 Å². The molecule has 0 aliphatic rings. The molecule has 2 aromatic carbocycles. The van der Waals surface area contributed by atoms with Crippen molar-refractivity contribution in [1.29, 1.82) is 0 Å². The highest BCUT2D eigenvalue weighted by Crippen LogP contribution is 2.21. The van der Waals surface area contributed by atoms with Crippen LogP contribution < -0.4 is 14.9 Å². The topological polar surface area (TPSA) is 177 Å². The third-order valence-corrected chi connectivity index (χ3v) is 4.14. The summed E-state index contributed by atoms with van der Waals surface area (Å²) in [4.78, 5) is 35.6. The maximum absolute atomic E-state index is 11.9. The second-order valence-electron chi connectivity index (χ2n) is 6.40. The minimum atomic E-state index is -0.690. The van der Waals surface area contributed by atoms with Crippen molar-refractivity contribution in [2.24, 2.45) is 5.10 Å². The molecule has 0 atom stereocenters. The number of amides is 1. The minimum Gasteiger partial charge on any atom is -0.496 e. The van der Waals surface area contributed by atoms with Crippen LogP contribution in [0.1, 0.15) is 11.1 Å². The zero-order chi connectivity index (χ0) is 23.8. The summed E-state index contributed by atoms with van der Waals surface area (Å²) in [6.07, 6.45) is 2.64. The van der Waals surface area contributed by atoms with Crippen LogP contribution in [0, 0.1) is 20.2 Å². The molecule has 33 heavy (non-hydrogen) atoms. The van der Waals surface area contributed by atoms with Crippen LogP contribution in [-0.4, -0.2) is 50.4 Å². The van der Waals surface area contributed by atoms with Crippen molar-refractivity contribution < 1.29 is 24.1 Å². The van der Waals surface area contributed by atoms with Gasteiger partial charge in [-0.2, -0.15) is 9.78 Å². The molecule has 1 amide bonds. The Morgan fingerprint density at radius 1 is 1.18 bits per heavy atom. The number of carbonyl (C=O) groups excluding carboxylic acids is 1. The largest absolute Gasteiger partial charge is 0.496 e. The first kappa shape index (κ1) is 22.8. The first-order valence-electron chi connectivity index (χ1n) is 9.25. The van der Waals surface area contributed by atoms with Gasteiger partial charge in [0.2, 0.25) is 6.33 Å². The number of nitro groups is 2. The number of nitrogens with one attached hydrogen (secondary N) is 1. The Hall–Kier alpha value is -4.88. The number of methoxy groups -OCH3 is 1. The predicted octanol–water partition coefficient (Wildman–Crippen LogP) is 1.68. The molecule has 1 aromatic heterocycles. The van der Waals surface area contributed by atoms with Crippen LogP contribution in [-0.2, 0) is 11.3 Å². The zero-order valence-corrected chi connectivity index (χ0v) is 17.2. The van der Waals surface area contributed by atoms with Crippen molar-refractivity contribution in [3.63, 3.8) is 0 Å². The summed E-state index contributed by atoms with van der Waals surface area (Å²) in [5, 5.41) is 29.0. The fourth-order valence-electron chi connectivity index (χ4n) is 2.65. The van der Waals surface area contributed by atoms with Crippen molar-refractivity contribution in [2.75, 3.05) is 13.7 Å². The quantitative estimate of drug-likeness (QED) is 0.270. The van der Waals surface area contributed by atoms with Crippen molar-refractivity contribution in [3.05, 3.63) is 80.1 Å². The van der Waals surface area contributed by atoms with E-state index in [9.17, 15) is 25.0 Å². The van der Waals surface area contributed by atoms with E-state index in [-0.39, 0.29) is 18.8 Å². The number of carbonyl (C=O) groups is 1. The fraction of sp³-hybridized carbons (Fsp3) is 0.158. The first-order valence-corrected chi connectivity index (χ1v) is 9.25. The van der Waals surface area contributed by atoms with Crippen LogP contribution in [0.3, 0.4) is 0 Å². The summed E-state index contributed by atoms with van der Waals surface area (Å²) in [6, 6.07) is 10.4. The van der Waals surface area contributed by atoms with E-state index in [4.69, 9.17) is 9.47 Å². The Morgan fingerprint density at radius 3 is 2.58 bits per heavy atom. The maximum atomic E-state index is 11.9. The third kappa shape index (κ3) is 6.30. The number of non-ortho nitro benzene ring substituents is 1. The zero-order valence-electron chi connectivity index (χ0n) is 17.2. The van der Waals surface area contributed by atoms with Gasteiger partial charge in [-0.05, 0) is 40.8 Å². The lowest BCUT2D eigenvalue weighted by Crippen LogP contribution is -2.24. The van der Waals surface area contributed by atoms with Gasteiger partial charge in [-0.3, -0.25) is 14.9 Å². The van der Waals surface area contributed by atoms with E-state index in [0.717, 1.165) is 0 Å². The van der Waals surface area contributed by atoms with Gasteiger partial charge in [0.25, 0.3) is 11.6 Å². The van der Waals surface area contributed by atoms with Crippen molar-refractivity contribution in [1.82, 2.24) is 20.2 Å². The molecule has 0 spiro atoms. The monoisotopic (exact) mass is 455 g/mol. The van der Waals surface area contributed by atoms with Gasteiger partial charge in [-0.15, -0.1) is 0 Å². The second-order valence-corrected chi connectivity index (χ2v) is 6.40. The first-order chi connectivity index (χ1) is 15.9. The van der Waals surface area contributed by atoms with E-state index < -0.39 is 21.7 Å². The highest BCUT2D eigenvalue weighted by Gasteiger charge is 2.15. The summed E-state index contributed by atoms with van der Waals surface area (Å²) in [5.41, 5.74) is 3.51. The molecule has 0 aliphatic carbocycles. The number of rotatable bonds is 10. The molecule has 0 fully saturated rings. The van der Waals surface area contributed by atoms with Crippen LogP contribution >= 0.6 is 0 Å². The number of ether oxygens (including phenoxy) is 2. The summed E-state index contributed by atoms with van der Waals surface area (Å²) in [5.74, 6) is -0.211. The number of aromatic nitrogens is 3. The Balaban J connectivity index is 1.57. The standard InChI is InChI=1S/C19H17N7O7/c1-32-17-7-2-13(8-14(17)10-24-12-20-19(23-24)26(30)31)9-21-22-18(27)11-33-16-5-3-15(4-6-16)25(28)29/h2-9,12H,10-11H2,1H3,(H,22,27). The molecular weight excluding hydrogens is 438 g/mol. The van der Waals surface area contributed by atoms with Crippen LogP contribution in [0.15, 0.2) is 53.9 Å². The minimum absolute atomic E-state index is 0.0858. The van der Waals surface area contributed by atoms with Gasteiger partial charge in [0.1, 0.15) is 11.5 Å². The van der Waals surface area contributed by atoms with E-state index in [1.165, 1.54) is 48.6 Å². The second kappa shape index (κ2) is 10.4. The molecule has 0 saturated heterocycles. The molecule has 14 nitrogen and oxygen atoms in total. The Kier molecular flexibility index (Phi) is 7.20. The van der Waals surface area contributed by atoms with E-state index >= 15 is 0 Å². The van der Waals surface area contributed by atoms with E-state index in [2.05, 4.69) is 20.6 Å². The van der Waals surface area contributed by atoms with Gasteiger partial charge < -0.3 is 19.6 Å². The summed E-state index contributed by atoms with van der Waals surface area (Å²) >= 11 is 0. The molecule has 0 saturated carbocycles. The Labute approximate surface area is 185 Å². The Morgan fingerprint density at radius 2 is 1.94 bits per heavy atom. The van der Waals surface area contributed by atoms with Gasteiger partial charge in [-0.25, -0.2) is 5.43 Å². The van der Waals surface area contributed by atoms with Crippen LogP contribution in [0.4, 0.5) is 11.6 Å². The lowest BCUT2D eigenvalue weighted by atomic mass is 10.1. The van der Waals surface area contributed by atoms with Crippen LogP contribution in [0.25, 0.3) is 0 Å². The van der Waals surface area contributed by atoms with Gasteiger partial charge >= 0.3 is 5.95 Å². The molecule has 170 valence electrons. The molecule has 0 bridgehead atoms. The predicted molar refractivity (Wildman–Crippen MR) is 113 cm³/mol. The molecule has 1 heterocycles. The van der Waals surface area contributed by atoms with Crippen molar-refractivity contribution in [2.45, 2.75) is 6.54 Å². The fourth-order valence-corrected chi connectivity index (χ4v) is 2.65. The Bertz CT molecular complexity index is 1190. The van der Waals surface area contributed by atoms with Gasteiger partial charge in [0.05, 0.1) is 24.8 Å². The summed E-state index contributed by atoms with van der Waals surface area (Å²) in [7, 11) is 1.49. The molecule has 1 N–H and O–H groups in total. The normalized spacial score (nSPS) is 10.7. The molecule has 14 heteroatoms. The highest BCUT2D eigenvalue weighted by atomic mass is 16.6. The number of hydrogen-bond donors (Lipinski definition) is 1. The molecule has 3 aromatic rings. The number of hydrazone groups is 1. The number of nitro benzene ring substituents is 1. The molecule has 0 radical (unpaired) electrons. The molecule has 3 rings (SSSR count). The summed E-state index contributed by atoms with van der Waals surface area (Å²) < 4.78 is 11.9. The van der Waals surface area contributed by atoms with Gasteiger partial charge in [0, 0.05) is 22.8 Å². The van der Waals surface area contributed by atoms with Crippen molar-refractivity contribution >= 4 is 23.8 Å². The third-order valence-electron chi connectivity index (χ3n) is 4.14. The number of hydrogen-bond acceptors (Lipinski definition) is 10. The lowest BCUT2D eigenvalue weighted by molar-refractivity contribution is -0.394. The van der Waals surface area contributed by atoms with E-state index in [1.54, 1.807) is 18.2 Å². The number of benzene rings is 2. The van der Waals surface area contributed by atoms with E-state index in [0.29, 0.717) is 22.6 Å². The molecule has 0 unspecified atom stereocenters. The average Bonchev–Trinajstić information content (AvgIpc) is 3.27.